The second-order valence-corrected chi connectivity index (χ2v) is 2.91. The molecule has 0 aliphatic rings. The maximum Gasteiger partial charge on any atom is 0.150 e. The van der Waals surface area contributed by atoms with Gasteiger partial charge in [-0.25, -0.2) is 4.98 Å². The molecule has 4 nitrogen and oxygen atoms in total. The van der Waals surface area contributed by atoms with Gasteiger partial charge in [0.05, 0.1) is 11.9 Å². The topological polar surface area (TPSA) is 60.9 Å². The number of benzene rings is 1. The molecule has 0 saturated carbocycles. The van der Waals surface area contributed by atoms with Crippen LogP contribution >= 0.6 is 0 Å². The summed E-state index contributed by atoms with van der Waals surface area (Å²) in [6.45, 7) is 0. The van der Waals surface area contributed by atoms with Crippen molar-refractivity contribution in [1.82, 2.24) is 9.66 Å². The predicted molar refractivity (Wildman–Crippen MR) is 53.2 cm³/mol. The summed E-state index contributed by atoms with van der Waals surface area (Å²) in [7, 11) is 0. The minimum Gasteiger partial charge on any atom is -0.338 e. The summed E-state index contributed by atoms with van der Waals surface area (Å²) in [5, 5.41) is 0. The van der Waals surface area contributed by atoms with Gasteiger partial charge in [-0.05, 0) is 0 Å². The van der Waals surface area contributed by atoms with Crippen LogP contribution in [0.3, 0.4) is 0 Å². The van der Waals surface area contributed by atoms with Gasteiger partial charge in [-0.15, -0.1) is 0 Å². The second kappa shape index (κ2) is 3.33. The highest BCUT2D eigenvalue weighted by molar-refractivity contribution is 5.86. The number of nitrogens with zero attached hydrogens (tertiary/aromatic N) is 2. The van der Waals surface area contributed by atoms with Gasteiger partial charge < -0.3 is 5.84 Å². The molecule has 0 amide bonds. The predicted octanol–water partition coefficient (Wildman–Crippen LogP) is 1.08. The third-order valence-corrected chi connectivity index (χ3v) is 1.97. The van der Waals surface area contributed by atoms with Crippen LogP contribution in [-0.4, -0.2) is 15.9 Å². The molecule has 0 unspecified atom stereocenters. The van der Waals surface area contributed by atoms with E-state index in [2.05, 4.69) is 4.98 Å². The number of nitrogen functional groups attached to an aromatic ring is 1. The quantitative estimate of drug-likeness (QED) is 0.565. The van der Waals surface area contributed by atoms with Crippen LogP contribution in [0.2, 0.25) is 0 Å². The number of aldehydes is 1. The number of carbonyl (C=O) groups excluding carboxylic acids is 1. The molecule has 1 aromatic heterocycles. The summed E-state index contributed by atoms with van der Waals surface area (Å²) in [6, 6.07) is 7.26. The lowest BCUT2D eigenvalue weighted by Crippen LogP contribution is -2.02. The van der Waals surface area contributed by atoms with Gasteiger partial charge >= 0.3 is 0 Å². The van der Waals surface area contributed by atoms with Gasteiger partial charge in [-0.2, -0.15) is 0 Å². The molecule has 0 spiro atoms. The lowest BCUT2D eigenvalue weighted by molar-refractivity contribution is 0.112. The highest BCUT2D eigenvalue weighted by Gasteiger charge is 2.05. The molecular weight excluding hydrogens is 178 g/mol. The van der Waals surface area contributed by atoms with Crippen molar-refractivity contribution < 1.29 is 4.79 Å². The smallest absolute Gasteiger partial charge is 0.150 e. The number of nitrogens with two attached hydrogens (primary N) is 1. The summed E-state index contributed by atoms with van der Waals surface area (Å²) < 4.78 is 1.36. The number of carbonyl (C=O) groups is 1. The van der Waals surface area contributed by atoms with E-state index in [0.29, 0.717) is 11.3 Å². The lowest BCUT2D eigenvalue weighted by atomic mass is 10.1. The van der Waals surface area contributed by atoms with E-state index in [0.717, 1.165) is 11.8 Å². The maximum absolute atomic E-state index is 10.7. The molecule has 0 saturated heterocycles. The zero-order valence-corrected chi connectivity index (χ0v) is 7.42. The second-order valence-electron chi connectivity index (χ2n) is 2.91. The normalized spacial score (nSPS) is 10.0. The van der Waals surface area contributed by atoms with Crippen molar-refractivity contribution in [2.45, 2.75) is 0 Å². The number of hydrogen-bond donors (Lipinski definition) is 1. The summed E-state index contributed by atoms with van der Waals surface area (Å²) in [5.41, 5.74) is 2.12. The van der Waals surface area contributed by atoms with E-state index in [1.807, 2.05) is 18.2 Å². The number of imidazole rings is 1. The third kappa shape index (κ3) is 1.37. The summed E-state index contributed by atoms with van der Waals surface area (Å²) >= 11 is 0. The Kier molecular flexibility index (Phi) is 2.02. The van der Waals surface area contributed by atoms with Crippen LogP contribution in [0.1, 0.15) is 10.4 Å². The van der Waals surface area contributed by atoms with Crippen molar-refractivity contribution in [2.75, 3.05) is 5.84 Å². The SMILES string of the molecule is Nn1cnc(-c2ccccc2C=O)c1. The molecule has 0 aliphatic heterocycles. The number of rotatable bonds is 2. The first-order chi connectivity index (χ1) is 6.81. The Morgan fingerprint density at radius 2 is 2.14 bits per heavy atom. The van der Waals surface area contributed by atoms with E-state index >= 15 is 0 Å². The molecule has 0 aliphatic carbocycles. The highest BCUT2D eigenvalue weighted by atomic mass is 16.1. The first kappa shape index (κ1) is 8.50. The van der Waals surface area contributed by atoms with E-state index in [1.165, 1.54) is 11.0 Å². The molecule has 4 heteroatoms. The fraction of sp³-hybridized carbons (Fsp3) is 0. The van der Waals surface area contributed by atoms with Crippen LogP contribution in [-0.2, 0) is 0 Å². The van der Waals surface area contributed by atoms with Gasteiger partial charge in [0.2, 0.25) is 0 Å². The Balaban J connectivity index is 2.55. The Bertz CT molecular complexity index is 462. The van der Waals surface area contributed by atoms with Crippen LogP contribution in [0.25, 0.3) is 11.3 Å². The van der Waals surface area contributed by atoms with E-state index in [1.54, 1.807) is 12.3 Å². The van der Waals surface area contributed by atoms with Crippen molar-refractivity contribution in [1.29, 1.82) is 0 Å². The van der Waals surface area contributed by atoms with Crippen molar-refractivity contribution >= 4 is 6.29 Å². The molecule has 0 atom stereocenters. The number of hydrogen-bond acceptors (Lipinski definition) is 3. The molecule has 1 heterocycles. The Labute approximate surface area is 81.0 Å². The summed E-state index contributed by atoms with van der Waals surface area (Å²) in [6.07, 6.45) is 3.98. The minimum atomic E-state index is 0.617. The van der Waals surface area contributed by atoms with Gasteiger partial charge in [-0.1, -0.05) is 24.3 Å². The molecule has 2 aromatic rings. The molecule has 2 N–H and O–H groups in total. The molecule has 1 aromatic carbocycles. The average molecular weight is 187 g/mol. The van der Waals surface area contributed by atoms with Gasteiger partial charge in [0.1, 0.15) is 6.33 Å². The van der Waals surface area contributed by atoms with Crippen LogP contribution in [0.5, 0.6) is 0 Å². The molecule has 70 valence electrons. The van der Waals surface area contributed by atoms with Crippen molar-refractivity contribution in [2.24, 2.45) is 0 Å². The maximum atomic E-state index is 10.7. The van der Waals surface area contributed by atoms with Crippen molar-refractivity contribution in [3.8, 4) is 11.3 Å². The fourth-order valence-corrected chi connectivity index (χ4v) is 1.31. The monoisotopic (exact) mass is 187 g/mol. The minimum absolute atomic E-state index is 0.617. The van der Waals surface area contributed by atoms with Crippen LogP contribution in [0.4, 0.5) is 0 Å². The van der Waals surface area contributed by atoms with Gasteiger partial charge in [0.15, 0.2) is 6.29 Å². The average Bonchev–Trinajstić information content (AvgIpc) is 2.65. The molecule has 0 bridgehead atoms. The van der Waals surface area contributed by atoms with Gasteiger partial charge in [0.25, 0.3) is 0 Å². The van der Waals surface area contributed by atoms with Crippen molar-refractivity contribution in [3.05, 3.63) is 42.4 Å². The molecule has 2 rings (SSSR count). The fourth-order valence-electron chi connectivity index (χ4n) is 1.31. The Hall–Kier alpha value is -2.10. The zero-order valence-electron chi connectivity index (χ0n) is 7.42. The van der Waals surface area contributed by atoms with E-state index < -0.39 is 0 Å². The Morgan fingerprint density at radius 3 is 2.79 bits per heavy atom. The molecule has 0 radical (unpaired) electrons. The van der Waals surface area contributed by atoms with Crippen LogP contribution in [0.15, 0.2) is 36.8 Å². The van der Waals surface area contributed by atoms with Gasteiger partial charge in [0, 0.05) is 11.1 Å². The summed E-state index contributed by atoms with van der Waals surface area (Å²) in [4.78, 5) is 14.8. The van der Waals surface area contributed by atoms with Crippen molar-refractivity contribution in [3.63, 3.8) is 0 Å². The Morgan fingerprint density at radius 1 is 1.36 bits per heavy atom. The standard InChI is InChI=1S/C10H9N3O/c11-13-5-10(12-7-13)9-4-2-1-3-8(9)6-14/h1-7H,11H2. The van der Waals surface area contributed by atoms with Gasteiger partial charge in [-0.3, -0.25) is 9.47 Å². The van der Waals surface area contributed by atoms with E-state index in [9.17, 15) is 4.79 Å². The molecular formula is C10H9N3O. The van der Waals surface area contributed by atoms with Crippen LogP contribution in [0, 0.1) is 0 Å². The zero-order chi connectivity index (χ0) is 9.97. The molecule has 14 heavy (non-hydrogen) atoms. The van der Waals surface area contributed by atoms with Crippen LogP contribution < -0.4 is 5.84 Å². The molecule has 0 fully saturated rings. The largest absolute Gasteiger partial charge is 0.338 e. The summed E-state index contributed by atoms with van der Waals surface area (Å²) in [5.74, 6) is 5.47. The lowest BCUT2D eigenvalue weighted by Gasteiger charge is -1.99. The highest BCUT2D eigenvalue weighted by Crippen LogP contribution is 2.19. The number of aromatic nitrogens is 2. The first-order valence-electron chi connectivity index (χ1n) is 4.15. The third-order valence-electron chi connectivity index (χ3n) is 1.97. The van der Waals surface area contributed by atoms with E-state index in [-0.39, 0.29) is 0 Å². The van der Waals surface area contributed by atoms with E-state index in [4.69, 9.17) is 5.84 Å². The first-order valence-corrected chi connectivity index (χ1v) is 4.15.